The third-order valence-electron chi connectivity index (χ3n) is 3.73. The molecule has 1 atom stereocenters. The lowest BCUT2D eigenvalue weighted by Crippen LogP contribution is -2.40. The Morgan fingerprint density at radius 3 is 2.74 bits per heavy atom. The second kappa shape index (κ2) is 5.19. The van der Waals surface area contributed by atoms with E-state index >= 15 is 0 Å². The van der Waals surface area contributed by atoms with Gasteiger partial charge in [0, 0.05) is 25.3 Å². The van der Waals surface area contributed by atoms with Crippen molar-refractivity contribution < 1.29 is 4.74 Å². The summed E-state index contributed by atoms with van der Waals surface area (Å²) in [6.07, 6.45) is 0.315. The minimum Gasteiger partial charge on any atom is -0.398 e. The van der Waals surface area contributed by atoms with Crippen molar-refractivity contribution in [1.82, 2.24) is 4.90 Å². The normalized spacial score (nSPS) is 20.8. The standard InChI is InChI=1S/C16H20N2O/c1-12-10-18(6-7-19-12)11-15-8-13-4-2-3-5-14(13)9-16(15)17/h2-5,8-9,12H,6-7,10-11,17H2,1H3. The number of nitrogen functional groups attached to an aromatic ring is 1. The lowest BCUT2D eigenvalue weighted by molar-refractivity contribution is -0.0211. The number of fused-ring (bicyclic) bond motifs is 1. The van der Waals surface area contributed by atoms with Gasteiger partial charge in [-0.25, -0.2) is 0 Å². The summed E-state index contributed by atoms with van der Waals surface area (Å²) in [7, 11) is 0. The van der Waals surface area contributed by atoms with Crippen molar-refractivity contribution in [2.24, 2.45) is 0 Å². The quantitative estimate of drug-likeness (QED) is 0.839. The van der Waals surface area contributed by atoms with Crippen molar-refractivity contribution in [3.05, 3.63) is 42.0 Å². The maximum atomic E-state index is 6.18. The minimum atomic E-state index is 0.315. The predicted molar refractivity (Wildman–Crippen MR) is 79.1 cm³/mol. The van der Waals surface area contributed by atoms with Gasteiger partial charge in [-0.1, -0.05) is 24.3 Å². The Labute approximate surface area is 114 Å². The van der Waals surface area contributed by atoms with Gasteiger partial charge in [-0.05, 0) is 35.4 Å². The predicted octanol–water partition coefficient (Wildman–Crippen LogP) is 2.64. The van der Waals surface area contributed by atoms with E-state index in [4.69, 9.17) is 10.5 Å². The van der Waals surface area contributed by atoms with Crippen LogP contribution < -0.4 is 5.73 Å². The van der Waals surface area contributed by atoms with Gasteiger partial charge >= 0.3 is 0 Å². The molecule has 3 rings (SSSR count). The average molecular weight is 256 g/mol. The first-order valence-electron chi connectivity index (χ1n) is 6.83. The third-order valence-corrected chi connectivity index (χ3v) is 3.73. The topological polar surface area (TPSA) is 38.5 Å². The Balaban J connectivity index is 1.85. The van der Waals surface area contributed by atoms with Crippen molar-refractivity contribution in [1.29, 1.82) is 0 Å². The van der Waals surface area contributed by atoms with Gasteiger partial charge in [0.05, 0.1) is 12.7 Å². The minimum absolute atomic E-state index is 0.315. The van der Waals surface area contributed by atoms with Crippen molar-refractivity contribution in [2.75, 3.05) is 25.4 Å². The van der Waals surface area contributed by atoms with Crippen LogP contribution >= 0.6 is 0 Å². The molecule has 0 amide bonds. The maximum Gasteiger partial charge on any atom is 0.0674 e. The smallest absolute Gasteiger partial charge is 0.0674 e. The first-order chi connectivity index (χ1) is 9.22. The molecule has 1 aliphatic rings. The van der Waals surface area contributed by atoms with Gasteiger partial charge in [-0.2, -0.15) is 0 Å². The molecule has 0 spiro atoms. The summed E-state index contributed by atoms with van der Waals surface area (Å²) in [5.41, 5.74) is 8.28. The molecule has 19 heavy (non-hydrogen) atoms. The summed E-state index contributed by atoms with van der Waals surface area (Å²) in [5.74, 6) is 0. The highest BCUT2D eigenvalue weighted by atomic mass is 16.5. The maximum absolute atomic E-state index is 6.18. The molecular weight excluding hydrogens is 236 g/mol. The van der Waals surface area contributed by atoms with Crippen LogP contribution in [0.2, 0.25) is 0 Å². The van der Waals surface area contributed by atoms with Crippen LogP contribution in [0.1, 0.15) is 12.5 Å². The lowest BCUT2D eigenvalue weighted by Gasteiger charge is -2.31. The van der Waals surface area contributed by atoms with Gasteiger partial charge in [0.25, 0.3) is 0 Å². The Bertz CT molecular complexity index is 582. The SMILES string of the molecule is CC1CN(Cc2cc3ccccc3cc2N)CCO1. The van der Waals surface area contributed by atoms with E-state index < -0.39 is 0 Å². The number of ether oxygens (including phenoxy) is 1. The third kappa shape index (κ3) is 2.72. The van der Waals surface area contributed by atoms with Crippen molar-refractivity contribution in [2.45, 2.75) is 19.6 Å². The zero-order valence-electron chi connectivity index (χ0n) is 11.3. The molecular formula is C16H20N2O. The van der Waals surface area contributed by atoms with Crippen LogP contribution in [0.5, 0.6) is 0 Å². The molecule has 1 heterocycles. The molecule has 0 aliphatic carbocycles. The van der Waals surface area contributed by atoms with Gasteiger partial charge in [-0.3, -0.25) is 4.90 Å². The number of morpholine rings is 1. The monoisotopic (exact) mass is 256 g/mol. The average Bonchev–Trinajstić information content (AvgIpc) is 2.40. The molecule has 1 fully saturated rings. The molecule has 2 aromatic rings. The number of hydrogen-bond acceptors (Lipinski definition) is 3. The van der Waals surface area contributed by atoms with Crippen molar-refractivity contribution in [3.63, 3.8) is 0 Å². The molecule has 0 radical (unpaired) electrons. The Kier molecular flexibility index (Phi) is 3.40. The van der Waals surface area contributed by atoms with E-state index in [9.17, 15) is 0 Å². The van der Waals surface area contributed by atoms with E-state index in [1.54, 1.807) is 0 Å². The molecule has 3 heteroatoms. The van der Waals surface area contributed by atoms with Crippen LogP contribution in [0.25, 0.3) is 10.8 Å². The number of hydrogen-bond donors (Lipinski definition) is 1. The molecule has 1 aliphatic heterocycles. The summed E-state index contributed by atoms with van der Waals surface area (Å²) in [6, 6.07) is 12.6. The number of benzene rings is 2. The molecule has 0 aromatic heterocycles. The van der Waals surface area contributed by atoms with E-state index in [1.165, 1.54) is 16.3 Å². The van der Waals surface area contributed by atoms with Gasteiger partial charge in [0.1, 0.15) is 0 Å². The fraction of sp³-hybridized carbons (Fsp3) is 0.375. The zero-order chi connectivity index (χ0) is 13.2. The van der Waals surface area contributed by atoms with E-state index in [0.29, 0.717) is 6.10 Å². The van der Waals surface area contributed by atoms with Gasteiger partial charge < -0.3 is 10.5 Å². The van der Waals surface area contributed by atoms with E-state index in [0.717, 1.165) is 31.9 Å². The van der Waals surface area contributed by atoms with E-state index in [1.807, 2.05) is 6.07 Å². The van der Waals surface area contributed by atoms with Crippen LogP contribution in [-0.4, -0.2) is 30.7 Å². The molecule has 0 bridgehead atoms. The largest absolute Gasteiger partial charge is 0.398 e. The molecule has 2 N–H and O–H groups in total. The van der Waals surface area contributed by atoms with Crippen LogP contribution in [0.3, 0.4) is 0 Å². The molecule has 0 saturated carbocycles. The second-order valence-electron chi connectivity index (χ2n) is 5.31. The van der Waals surface area contributed by atoms with Crippen LogP contribution in [0.4, 0.5) is 5.69 Å². The Morgan fingerprint density at radius 1 is 1.26 bits per heavy atom. The fourth-order valence-corrected chi connectivity index (χ4v) is 2.72. The first kappa shape index (κ1) is 12.5. The second-order valence-corrected chi connectivity index (χ2v) is 5.31. The number of anilines is 1. The lowest BCUT2D eigenvalue weighted by atomic mass is 10.0. The summed E-state index contributed by atoms with van der Waals surface area (Å²) in [6.45, 7) is 5.80. The van der Waals surface area contributed by atoms with Gasteiger partial charge in [-0.15, -0.1) is 0 Å². The van der Waals surface area contributed by atoms with Gasteiger partial charge in [0.15, 0.2) is 0 Å². The molecule has 2 aromatic carbocycles. The molecule has 1 unspecified atom stereocenters. The highest BCUT2D eigenvalue weighted by Crippen LogP contribution is 2.23. The van der Waals surface area contributed by atoms with Crippen LogP contribution in [0.15, 0.2) is 36.4 Å². The Morgan fingerprint density at radius 2 is 2.00 bits per heavy atom. The van der Waals surface area contributed by atoms with Gasteiger partial charge in [0.2, 0.25) is 0 Å². The number of rotatable bonds is 2. The summed E-state index contributed by atoms with van der Waals surface area (Å²) in [4.78, 5) is 2.41. The van der Waals surface area contributed by atoms with Crippen molar-refractivity contribution >= 4 is 16.5 Å². The summed E-state index contributed by atoms with van der Waals surface area (Å²) >= 11 is 0. The van der Waals surface area contributed by atoms with E-state index in [2.05, 4.69) is 42.2 Å². The molecule has 3 nitrogen and oxygen atoms in total. The Hall–Kier alpha value is -1.58. The van der Waals surface area contributed by atoms with Crippen LogP contribution in [0, 0.1) is 0 Å². The molecule has 1 saturated heterocycles. The first-order valence-corrected chi connectivity index (χ1v) is 6.83. The highest BCUT2D eigenvalue weighted by Gasteiger charge is 2.17. The molecule has 100 valence electrons. The van der Waals surface area contributed by atoms with E-state index in [-0.39, 0.29) is 0 Å². The summed E-state index contributed by atoms with van der Waals surface area (Å²) in [5, 5.41) is 2.46. The fourth-order valence-electron chi connectivity index (χ4n) is 2.72. The van der Waals surface area contributed by atoms with Crippen molar-refractivity contribution in [3.8, 4) is 0 Å². The summed E-state index contributed by atoms with van der Waals surface area (Å²) < 4.78 is 5.57. The number of nitrogens with two attached hydrogens (primary N) is 1. The zero-order valence-corrected chi connectivity index (χ0v) is 11.3. The number of nitrogens with zero attached hydrogens (tertiary/aromatic N) is 1. The van der Waals surface area contributed by atoms with Crippen LogP contribution in [-0.2, 0) is 11.3 Å². The highest BCUT2D eigenvalue weighted by molar-refractivity contribution is 5.86.